The van der Waals surface area contributed by atoms with E-state index in [4.69, 9.17) is 9.47 Å². The predicted octanol–water partition coefficient (Wildman–Crippen LogP) is 6.32. The Labute approximate surface area is 358 Å². The highest BCUT2D eigenvalue weighted by Gasteiger charge is 2.66. The first-order chi connectivity index (χ1) is 29.5. The number of aromatic nitrogens is 3. The lowest BCUT2D eigenvalue weighted by Crippen LogP contribution is -2.49. The van der Waals surface area contributed by atoms with Gasteiger partial charge in [-0.1, -0.05) is 60.7 Å². The molecule has 1 aromatic heterocycles. The van der Waals surface area contributed by atoms with Crippen molar-refractivity contribution in [3.8, 4) is 5.75 Å². The zero-order valence-electron chi connectivity index (χ0n) is 35.3. The molecule has 4 N–H and O–H groups in total. The van der Waals surface area contributed by atoms with Gasteiger partial charge in [0.1, 0.15) is 5.75 Å². The second-order valence-corrected chi connectivity index (χ2v) is 20.9. The first-order valence-electron chi connectivity index (χ1n) is 21.4. The molecule has 1 spiro atoms. The standard InChI is InChI=1S/C47H56N6O7Si/c1-5-59-36-19-21-41-33(26-36)27-39(48-23-12-13-25-54)45(56)52(41)35-18-20-42-38(28-35)47(46(57)53(42)34-16-10-7-11-17-34)31(2)44(61(3,4)58)43(60-47)22-24-51-29-40(49-50-51)37(30-55)32-14-8-6-9-15-32/h6-11,14-21,26,28-29,31,37,39,43-44,48,54-55,58H,5,12-13,22-25,27,30H2,1-4H3/t31-,37?,39?,43+,44-,47+/m1/s1. The van der Waals surface area contributed by atoms with Gasteiger partial charge in [0.15, 0.2) is 13.9 Å². The Kier molecular flexibility index (Phi) is 12.3. The number of carbonyl (C=O) groups excluding carboxylic acids is 2. The molecule has 14 heteroatoms. The molecular weight excluding hydrogens is 789 g/mol. The molecule has 4 aromatic carbocycles. The third-order valence-electron chi connectivity index (χ3n) is 12.6. The summed E-state index contributed by atoms with van der Waals surface area (Å²) in [4.78, 5) is 45.5. The molecule has 1 saturated heterocycles. The Balaban J connectivity index is 1.18. The van der Waals surface area contributed by atoms with Crippen molar-refractivity contribution in [1.82, 2.24) is 20.3 Å². The molecule has 4 heterocycles. The highest BCUT2D eigenvalue weighted by Crippen LogP contribution is 2.61. The molecule has 1 fully saturated rings. The van der Waals surface area contributed by atoms with E-state index >= 15 is 4.79 Å². The van der Waals surface area contributed by atoms with E-state index in [2.05, 4.69) is 15.6 Å². The number of anilines is 4. The smallest absolute Gasteiger partial charge is 0.268 e. The second-order valence-electron chi connectivity index (χ2n) is 16.9. The Morgan fingerprint density at radius 2 is 1.67 bits per heavy atom. The maximum atomic E-state index is 15.4. The highest BCUT2D eigenvalue weighted by molar-refractivity contribution is 6.71. The Bertz CT molecular complexity index is 2340. The van der Waals surface area contributed by atoms with Gasteiger partial charge in [-0.05, 0) is 112 Å². The lowest BCUT2D eigenvalue weighted by Gasteiger charge is -2.36. The summed E-state index contributed by atoms with van der Waals surface area (Å²) < 4.78 is 14.8. The lowest BCUT2D eigenvalue weighted by molar-refractivity contribution is -0.145. The van der Waals surface area contributed by atoms with Crippen LogP contribution in [-0.4, -0.2) is 88.6 Å². The van der Waals surface area contributed by atoms with E-state index < -0.39 is 32.0 Å². The van der Waals surface area contributed by atoms with Gasteiger partial charge in [0.25, 0.3) is 5.91 Å². The maximum Gasteiger partial charge on any atom is 0.268 e. The van der Waals surface area contributed by atoms with Gasteiger partial charge >= 0.3 is 0 Å². The van der Waals surface area contributed by atoms with Crippen molar-refractivity contribution in [3.05, 3.63) is 126 Å². The van der Waals surface area contributed by atoms with Crippen LogP contribution in [0, 0.1) is 5.92 Å². The largest absolute Gasteiger partial charge is 0.494 e. The highest BCUT2D eigenvalue weighted by atomic mass is 28.4. The van der Waals surface area contributed by atoms with E-state index in [0.717, 1.165) is 29.0 Å². The van der Waals surface area contributed by atoms with Gasteiger partial charge < -0.3 is 29.8 Å². The normalized spacial score (nSPS) is 22.8. The van der Waals surface area contributed by atoms with Crippen LogP contribution in [0.5, 0.6) is 5.75 Å². The predicted molar refractivity (Wildman–Crippen MR) is 236 cm³/mol. The third kappa shape index (κ3) is 7.92. The van der Waals surface area contributed by atoms with Crippen molar-refractivity contribution in [2.75, 3.05) is 36.2 Å². The maximum absolute atomic E-state index is 15.4. The van der Waals surface area contributed by atoms with E-state index in [1.807, 2.05) is 130 Å². The zero-order chi connectivity index (χ0) is 42.9. The molecule has 13 nitrogen and oxygen atoms in total. The van der Waals surface area contributed by atoms with E-state index in [0.29, 0.717) is 67.3 Å². The molecule has 0 radical (unpaired) electrons. The van der Waals surface area contributed by atoms with E-state index in [1.165, 1.54) is 0 Å². The second kappa shape index (κ2) is 17.6. The zero-order valence-corrected chi connectivity index (χ0v) is 36.3. The summed E-state index contributed by atoms with van der Waals surface area (Å²) in [5.41, 5.74) is 4.05. The number of hydrogen-bond acceptors (Lipinski definition) is 10. The van der Waals surface area contributed by atoms with Crippen LogP contribution in [0.1, 0.15) is 61.4 Å². The SMILES string of the molecule is CCOc1ccc2c(c1)CC(NCCCCO)C(=O)N2c1ccc2c(c1)[C@]1(O[C@@H](CCn3cc(C(CO)c4ccccc4)nn3)[C@H]([Si](C)(C)O)[C@H]1C)C(=O)N2c1ccccc1. The van der Waals surface area contributed by atoms with Gasteiger partial charge in [0, 0.05) is 47.7 Å². The molecule has 0 saturated carbocycles. The molecular formula is C47H56N6O7Si. The van der Waals surface area contributed by atoms with Crippen LogP contribution in [0.4, 0.5) is 22.7 Å². The number of nitrogens with one attached hydrogen (secondary N) is 1. The summed E-state index contributed by atoms with van der Waals surface area (Å²) >= 11 is 0. The van der Waals surface area contributed by atoms with Crippen LogP contribution in [0.2, 0.25) is 18.6 Å². The van der Waals surface area contributed by atoms with Gasteiger partial charge in [-0.15, -0.1) is 5.10 Å². The summed E-state index contributed by atoms with van der Waals surface area (Å²) in [5.74, 6) is -0.412. The summed E-state index contributed by atoms with van der Waals surface area (Å²) in [7, 11) is -3.02. The number of aliphatic hydroxyl groups is 2. The number of carbonyl (C=O) groups is 2. The van der Waals surface area contributed by atoms with Crippen molar-refractivity contribution < 1.29 is 34.1 Å². The van der Waals surface area contributed by atoms with Crippen molar-refractivity contribution in [3.63, 3.8) is 0 Å². The number of rotatable bonds is 16. The molecule has 6 atom stereocenters. The first-order valence-corrected chi connectivity index (χ1v) is 24.5. The number of ether oxygens (including phenoxy) is 2. The number of aryl methyl sites for hydroxylation is 1. The lowest BCUT2D eigenvalue weighted by atomic mass is 9.82. The van der Waals surface area contributed by atoms with Gasteiger partial charge in [0.2, 0.25) is 5.91 Å². The molecule has 8 rings (SSSR count). The number of aliphatic hydroxyl groups excluding tert-OH is 2. The van der Waals surface area contributed by atoms with Gasteiger partial charge in [0.05, 0.1) is 48.3 Å². The Hall–Kier alpha value is -5.22. The minimum Gasteiger partial charge on any atom is -0.494 e. The number of amides is 2. The molecule has 0 aliphatic carbocycles. The number of para-hydroxylation sites is 1. The quantitative estimate of drug-likeness (QED) is 0.0654. The van der Waals surface area contributed by atoms with Crippen molar-refractivity contribution >= 4 is 42.9 Å². The minimum atomic E-state index is -3.02. The van der Waals surface area contributed by atoms with Crippen molar-refractivity contribution in [2.45, 2.75) is 88.4 Å². The fraction of sp³-hybridized carbons (Fsp3) is 0.404. The molecule has 5 aromatic rings. The number of benzene rings is 4. The average Bonchev–Trinajstić information content (AvgIpc) is 3.92. The van der Waals surface area contributed by atoms with Gasteiger partial charge in [-0.25, -0.2) is 0 Å². The van der Waals surface area contributed by atoms with E-state index in [9.17, 15) is 19.8 Å². The van der Waals surface area contributed by atoms with Crippen LogP contribution in [-0.2, 0) is 32.9 Å². The first kappa shape index (κ1) is 42.5. The van der Waals surface area contributed by atoms with Crippen molar-refractivity contribution in [1.29, 1.82) is 0 Å². The molecule has 3 aliphatic heterocycles. The van der Waals surface area contributed by atoms with Crippen LogP contribution < -0.4 is 19.9 Å². The monoisotopic (exact) mass is 844 g/mol. The number of fused-ring (bicyclic) bond motifs is 3. The molecule has 2 unspecified atom stereocenters. The molecule has 320 valence electrons. The van der Waals surface area contributed by atoms with E-state index in [1.54, 1.807) is 14.5 Å². The molecule has 3 aliphatic rings. The van der Waals surface area contributed by atoms with Crippen LogP contribution in [0.25, 0.3) is 0 Å². The molecule has 2 amide bonds. The Morgan fingerprint density at radius 3 is 2.38 bits per heavy atom. The topological polar surface area (TPSA) is 163 Å². The van der Waals surface area contributed by atoms with E-state index in [-0.39, 0.29) is 36.5 Å². The van der Waals surface area contributed by atoms with Crippen LogP contribution in [0.3, 0.4) is 0 Å². The molecule has 61 heavy (non-hydrogen) atoms. The van der Waals surface area contributed by atoms with Crippen LogP contribution >= 0.6 is 0 Å². The molecule has 0 bridgehead atoms. The summed E-state index contributed by atoms with van der Waals surface area (Å²) in [6.07, 6.45) is 3.60. The average molecular weight is 845 g/mol. The number of nitrogens with zero attached hydrogens (tertiary/aromatic N) is 5. The fourth-order valence-electron chi connectivity index (χ4n) is 9.85. The number of hydrogen-bond donors (Lipinski definition) is 4. The van der Waals surface area contributed by atoms with Gasteiger partial charge in [-0.2, -0.15) is 0 Å². The summed E-state index contributed by atoms with van der Waals surface area (Å²) in [6, 6.07) is 30.2. The Morgan fingerprint density at radius 1 is 0.934 bits per heavy atom. The van der Waals surface area contributed by atoms with Gasteiger partial charge in [-0.3, -0.25) is 24.1 Å². The fourth-order valence-corrected chi connectivity index (χ4v) is 12.5. The minimum absolute atomic E-state index is 0.0852. The summed E-state index contributed by atoms with van der Waals surface area (Å²) in [5, 5.41) is 32.0. The number of unbranched alkanes of at least 4 members (excludes halogenated alkanes) is 1. The summed E-state index contributed by atoms with van der Waals surface area (Å²) in [6.45, 7) is 9.22. The van der Waals surface area contributed by atoms with Crippen molar-refractivity contribution in [2.24, 2.45) is 5.92 Å². The van der Waals surface area contributed by atoms with Crippen LogP contribution in [0.15, 0.2) is 103 Å². The third-order valence-corrected chi connectivity index (χ3v) is 15.1.